The molecule has 2 aromatic rings. The summed E-state index contributed by atoms with van der Waals surface area (Å²) in [4.78, 5) is 9.11. The molecule has 2 N–H and O–H groups in total. The minimum Gasteiger partial charge on any atom is -0.379 e. The van der Waals surface area contributed by atoms with Gasteiger partial charge in [0.15, 0.2) is 5.96 Å². The standard InChI is InChI=1S/C24H35N5O/c1-25-24(26-13-8-14-28(2)23-11-4-3-5-12-23)27-19-21-9-6-7-10-22(21)20-29-15-17-30-18-16-29/h3-7,9-12H,8,13-20H2,1-2H3,(H2,25,26,27). The van der Waals surface area contributed by atoms with E-state index in [0.29, 0.717) is 0 Å². The van der Waals surface area contributed by atoms with Crippen molar-refractivity contribution in [2.75, 3.05) is 58.4 Å². The summed E-state index contributed by atoms with van der Waals surface area (Å²) >= 11 is 0. The SMILES string of the molecule is CN=C(NCCCN(C)c1ccccc1)NCc1ccccc1CN1CCOCC1. The van der Waals surface area contributed by atoms with Crippen LogP contribution in [0.15, 0.2) is 59.6 Å². The number of hydrogen-bond donors (Lipinski definition) is 2. The van der Waals surface area contributed by atoms with Crippen LogP contribution >= 0.6 is 0 Å². The highest BCUT2D eigenvalue weighted by molar-refractivity contribution is 5.79. The van der Waals surface area contributed by atoms with Gasteiger partial charge in [0, 0.05) is 59.1 Å². The second-order valence-corrected chi connectivity index (χ2v) is 7.62. The Labute approximate surface area is 180 Å². The summed E-state index contributed by atoms with van der Waals surface area (Å²) in [6.07, 6.45) is 1.04. The van der Waals surface area contributed by atoms with Crippen molar-refractivity contribution < 1.29 is 4.74 Å². The van der Waals surface area contributed by atoms with Gasteiger partial charge in [-0.15, -0.1) is 0 Å². The third-order valence-electron chi connectivity index (χ3n) is 5.45. The Bertz CT molecular complexity index is 774. The molecule has 1 fully saturated rings. The highest BCUT2D eigenvalue weighted by atomic mass is 16.5. The summed E-state index contributed by atoms with van der Waals surface area (Å²) in [6.45, 7) is 7.28. The molecule has 0 bridgehead atoms. The summed E-state index contributed by atoms with van der Waals surface area (Å²) in [5.41, 5.74) is 3.93. The molecule has 1 saturated heterocycles. The van der Waals surface area contributed by atoms with Crippen molar-refractivity contribution in [1.29, 1.82) is 0 Å². The third-order valence-corrected chi connectivity index (χ3v) is 5.45. The third kappa shape index (κ3) is 7.04. The van der Waals surface area contributed by atoms with Crippen molar-refractivity contribution in [3.8, 4) is 0 Å². The van der Waals surface area contributed by atoms with Gasteiger partial charge in [-0.2, -0.15) is 0 Å². The normalized spacial score (nSPS) is 15.1. The maximum Gasteiger partial charge on any atom is 0.191 e. The average Bonchev–Trinajstić information content (AvgIpc) is 2.80. The molecular formula is C24H35N5O. The van der Waals surface area contributed by atoms with Crippen LogP contribution in [-0.2, 0) is 17.8 Å². The van der Waals surface area contributed by atoms with Crippen LogP contribution in [0.25, 0.3) is 0 Å². The molecule has 30 heavy (non-hydrogen) atoms. The molecule has 1 heterocycles. The van der Waals surface area contributed by atoms with E-state index >= 15 is 0 Å². The highest BCUT2D eigenvalue weighted by Gasteiger charge is 2.12. The molecule has 0 saturated carbocycles. The number of anilines is 1. The van der Waals surface area contributed by atoms with Crippen LogP contribution in [0.5, 0.6) is 0 Å². The smallest absolute Gasteiger partial charge is 0.191 e. The van der Waals surface area contributed by atoms with Crippen LogP contribution in [0.2, 0.25) is 0 Å². The van der Waals surface area contributed by atoms with Gasteiger partial charge in [0.25, 0.3) is 0 Å². The first-order valence-electron chi connectivity index (χ1n) is 10.8. The Morgan fingerprint density at radius 1 is 1.00 bits per heavy atom. The molecule has 0 unspecified atom stereocenters. The topological polar surface area (TPSA) is 52.1 Å². The molecule has 0 spiro atoms. The van der Waals surface area contributed by atoms with Crippen LogP contribution < -0.4 is 15.5 Å². The molecule has 1 aliphatic rings. The van der Waals surface area contributed by atoms with Crippen molar-refractivity contribution in [2.24, 2.45) is 4.99 Å². The van der Waals surface area contributed by atoms with Crippen LogP contribution in [0, 0.1) is 0 Å². The molecule has 6 nitrogen and oxygen atoms in total. The molecule has 2 aromatic carbocycles. The van der Waals surface area contributed by atoms with E-state index in [1.54, 1.807) is 0 Å². The Morgan fingerprint density at radius 2 is 1.70 bits per heavy atom. The highest BCUT2D eigenvalue weighted by Crippen LogP contribution is 2.13. The molecule has 6 heteroatoms. The lowest BCUT2D eigenvalue weighted by Gasteiger charge is -2.27. The minimum absolute atomic E-state index is 0.768. The molecule has 0 amide bonds. The first-order chi connectivity index (χ1) is 14.8. The number of morpholine rings is 1. The Kier molecular flexibility index (Phi) is 9.00. The average molecular weight is 410 g/mol. The Hall–Kier alpha value is -2.57. The molecule has 0 atom stereocenters. The molecule has 1 aliphatic heterocycles. The van der Waals surface area contributed by atoms with E-state index in [0.717, 1.165) is 64.9 Å². The van der Waals surface area contributed by atoms with E-state index in [2.05, 4.69) is 81.0 Å². The predicted octanol–water partition coefficient (Wildman–Crippen LogP) is 2.71. The van der Waals surface area contributed by atoms with E-state index in [1.807, 2.05) is 13.1 Å². The van der Waals surface area contributed by atoms with Gasteiger partial charge in [-0.05, 0) is 29.7 Å². The van der Waals surface area contributed by atoms with E-state index in [9.17, 15) is 0 Å². The van der Waals surface area contributed by atoms with Gasteiger partial charge in [-0.25, -0.2) is 0 Å². The monoisotopic (exact) mass is 409 g/mol. The van der Waals surface area contributed by atoms with Gasteiger partial charge in [0.2, 0.25) is 0 Å². The van der Waals surface area contributed by atoms with Crippen molar-refractivity contribution in [3.05, 3.63) is 65.7 Å². The molecular weight excluding hydrogens is 374 g/mol. The summed E-state index contributed by atoms with van der Waals surface area (Å²) < 4.78 is 5.47. The number of aliphatic imine (C=N–C) groups is 1. The number of benzene rings is 2. The van der Waals surface area contributed by atoms with Gasteiger partial charge < -0.3 is 20.3 Å². The predicted molar refractivity (Wildman–Crippen MR) is 125 cm³/mol. The molecule has 0 aromatic heterocycles. The lowest BCUT2D eigenvalue weighted by Crippen LogP contribution is -2.39. The Balaban J connectivity index is 1.42. The second-order valence-electron chi connectivity index (χ2n) is 7.62. The quantitative estimate of drug-likeness (QED) is 0.379. The van der Waals surface area contributed by atoms with Crippen LogP contribution in [0.4, 0.5) is 5.69 Å². The maximum atomic E-state index is 5.47. The number of para-hydroxylation sites is 1. The van der Waals surface area contributed by atoms with E-state index in [1.165, 1.54) is 16.8 Å². The number of rotatable bonds is 9. The van der Waals surface area contributed by atoms with E-state index in [4.69, 9.17) is 4.74 Å². The van der Waals surface area contributed by atoms with Gasteiger partial charge in [0.05, 0.1) is 13.2 Å². The molecule has 162 valence electrons. The van der Waals surface area contributed by atoms with Crippen molar-refractivity contribution in [1.82, 2.24) is 15.5 Å². The number of nitrogens with one attached hydrogen (secondary N) is 2. The zero-order valence-corrected chi connectivity index (χ0v) is 18.3. The van der Waals surface area contributed by atoms with Gasteiger partial charge in [-0.1, -0.05) is 42.5 Å². The summed E-state index contributed by atoms with van der Waals surface area (Å²) in [5, 5.41) is 6.90. The number of guanidine groups is 1. The molecule has 3 rings (SSSR count). The van der Waals surface area contributed by atoms with E-state index in [-0.39, 0.29) is 0 Å². The number of ether oxygens (including phenoxy) is 1. The van der Waals surface area contributed by atoms with Crippen LogP contribution in [0.1, 0.15) is 17.5 Å². The summed E-state index contributed by atoms with van der Waals surface area (Å²) in [7, 11) is 3.96. The van der Waals surface area contributed by atoms with Crippen LogP contribution in [-0.4, -0.2) is 64.3 Å². The van der Waals surface area contributed by atoms with Gasteiger partial charge in [-0.3, -0.25) is 9.89 Å². The zero-order chi connectivity index (χ0) is 21.0. The number of hydrogen-bond acceptors (Lipinski definition) is 4. The maximum absolute atomic E-state index is 5.47. The fourth-order valence-electron chi connectivity index (χ4n) is 3.62. The molecule has 0 radical (unpaired) electrons. The first kappa shape index (κ1) is 22.1. The summed E-state index contributed by atoms with van der Waals surface area (Å²) in [5.74, 6) is 0.846. The fourth-order valence-corrected chi connectivity index (χ4v) is 3.62. The molecule has 0 aliphatic carbocycles. The van der Waals surface area contributed by atoms with Crippen molar-refractivity contribution in [2.45, 2.75) is 19.5 Å². The first-order valence-corrected chi connectivity index (χ1v) is 10.8. The largest absolute Gasteiger partial charge is 0.379 e. The van der Waals surface area contributed by atoms with Crippen molar-refractivity contribution >= 4 is 11.6 Å². The van der Waals surface area contributed by atoms with Gasteiger partial charge >= 0.3 is 0 Å². The van der Waals surface area contributed by atoms with Crippen molar-refractivity contribution in [3.63, 3.8) is 0 Å². The summed E-state index contributed by atoms with van der Waals surface area (Å²) in [6, 6.07) is 19.1. The van der Waals surface area contributed by atoms with E-state index < -0.39 is 0 Å². The zero-order valence-electron chi connectivity index (χ0n) is 18.3. The minimum atomic E-state index is 0.768. The van der Waals surface area contributed by atoms with Crippen LogP contribution in [0.3, 0.4) is 0 Å². The Morgan fingerprint density at radius 3 is 2.43 bits per heavy atom. The lowest BCUT2D eigenvalue weighted by molar-refractivity contribution is 0.0341. The fraction of sp³-hybridized carbons (Fsp3) is 0.458. The van der Waals surface area contributed by atoms with Gasteiger partial charge in [0.1, 0.15) is 0 Å². The number of nitrogens with zero attached hydrogens (tertiary/aromatic N) is 3. The lowest BCUT2D eigenvalue weighted by atomic mass is 10.1. The second kappa shape index (κ2) is 12.2.